The summed E-state index contributed by atoms with van der Waals surface area (Å²) in [5, 5.41) is 4.29. The van der Waals surface area contributed by atoms with Crippen molar-refractivity contribution < 1.29 is 18.5 Å². The highest BCUT2D eigenvalue weighted by Gasteiger charge is 2.51. The largest absolute Gasteiger partial charge is 0.455 e. The van der Waals surface area contributed by atoms with Crippen LogP contribution in [0, 0.1) is 5.92 Å². The van der Waals surface area contributed by atoms with Crippen LogP contribution in [0.1, 0.15) is 49.9 Å². The highest BCUT2D eigenvalue weighted by molar-refractivity contribution is 5.83. The van der Waals surface area contributed by atoms with Crippen molar-refractivity contribution in [2.75, 3.05) is 19.6 Å². The third kappa shape index (κ3) is 3.84. The Morgan fingerprint density at radius 1 is 1.00 bits per heavy atom. The molecule has 0 spiro atoms. The van der Waals surface area contributed by atoms with Crippen molar-refractivity contribution in [3.8, 4) is 11.5 Å². The topological polar surface area (TPSA) is 65.2 Å². The average molecular weight is 459 g/mol. The molecule has 1 atom stereocenters. The first-order chi connectivity index (χ1) is 16.7. The van der Waals surface area contributed by atoms with Gasteiger partial charge in [0.05, 0.1) is 18.5 Å². The van der Waals surface area contributed by atoms with E-state index < -0.39 is 5.41 Å². The second-order valence-corrected chi connectivity index (χ2v) is 10.4. The van der Waals surface area contributed by atoms with Gasteiger partial charge in [-0.1, -0.05) is 66.5 Å². The smallest absolute Gasteiger partial charge is 0.317 e. The zero-order valence-corrected chi connectivity index (χ0v) is 19.6. The molecule has 3 aliphatic heterocycles. The van der Waals surface area contributed by atoms with E-state index >= 15 is 0 Å². The number of nitrogens with zero attached hydrogens (tertiary/aromatic N) is 3. The molecule has 4 heterocycles. The molecule has 2 bridgehead atoms. The summed E-state index contributed by atoms with van der Waals surface area (Å²) in [4.78, 5) is 18.3. The number of aromatic nitrogens is 2. The van der Waals surface area contributed by atoms with Crippen LogP contribution in [0.2, 0.25) is 0 Å². The molecule has 1 aliphatic carbocycles. The Balaban J connectivity index is 1.18. The van der Waals surface area contributed by atoms with Crippen molar-refractivity contribution >= 4 is 5.97 Å². The number of benzene rings is 2. The van der Waals surface area contributed by atoms with Crippen molar-refractivity contribution in [1.82, 2.24) is 10.1 Å². The van der Waals surface area contributed by atoms with E-state index in [4.69, 9.17) is 9.26 Å². The number of rotatable bonds is 6. The molecule has 6 heteroatoms. The molecule has 6 nitrogen and oxygen atoms in total. The average Bonchev–Trinajstić information content (AvgIpc) is 3.57. The van der Waals surface area contributed by atoms with Gasteiger partial charge in [0.25, 0.3) is 5.89 Å². The van der Waals surface area contributed by atoms with Crippen LogP contribution in [-0.4, -0.2) is 46.3 Å². The Morgan fingerprint density at radius 2 is 1.68 bits per heavy atom. The summed E-state index contributed by atoms with van der Waals surface area (Å²) >= 11 is 0. The lowest BCUT2D eigenvalue weighted by atomic mass is 9.78. The zero-order valence-electron chi connectivity index (χ0n) is 19.6. The Morgan fingerprint density at radius 3 is 2.38 bits per heavy atom. The number of esters is 1. The first-order valence-electron chi connectivity index (χ1n) is 12.7. The Kier molecular flexibility index (Phi) is 5.48. The monoisotopic (exact) mass is 458 g/mol. The van der Waals surface area contributed by atoms with Gasteiger partial charge in [0.1, 0.15) is 13.1 Å². The first-order valence-corrected chi connectivity index (χ1v) is 12.7. The molecule has 1 unspecified atom stereocenters. The summed E-state index contributed by atoms with van der Waals surface area (Å²) in [6.07, 6.45) is 6.08. The van der Waals surface area contributed by atoms with Gasteiger partial charge >= 0.3 is 5.97 Å². The third-order valence-corrected chi connectivity index (χ3v) is 8.44. The van der Waals surface area contributed by atoms with Gasteiger partial charge in [-0.3, -0.25) is 4.79 Å². The molecule has 176 valence electrons. The van der Waals surface area contributed by atoms with Gasteiger partial charge < -0.3 is 13.7 Å². The number of fused-ring (bicyclic) bond motifs is 3. The molecule has 2 aromatic carbocycles. The van der Waals surface area contributed by atoms with E-state index in [-0.39, 0.29) is 12.1 Å². The number of carbonyl (C=O) groups is 1. The fourth-order valence-corrected chi connectivity index (χ4v) is 6.49. The second-order valence-electron chi connectivity index (χ2n) is 10.4. The lowest BCUT2D eigenvalue weighted by molar-refractivity contribution is -0.958. The number of piperidine rings is 3. The molecule has 0 N–H and O–H groups in total. The van der Waals surface area contributed by atoms with Crippen LogP contribution in [0.25, 0.3) is 11.5 Å². The highest BCUT2D eigenvalue weighted by atomic mass is 16.5. The molecule has 3 aromatic rings. The molecular formula is C28H32N3O3+. The Hall–Kier alpha value is -2.99. The van der Waals surface area contributed by atoms with Crippen molar-refractivity contribution in [2.45, 2.75) is 56.6 Å². The van der Waals surface area contributed by atoms with Gasteiger partial charge in [-0.15, -0.1) is 0 Å². The quantitative estimate of drug-likeness (QED) is 0.388. The van der Waals surface area contributed by atoms with Crippen LogP contribution >= 0.6 is 0 Å². The van der Waals surface area contributed by atoms with Gasteiger partial charge in [0.15, 0.2) is 6.10 Å². The predicted molar refractivity (Wildman–Crippen MR) is 127 cm³/mol. The highest BCUT2D eigenvalue weighted by Crippen LogP contribution is 2.44. The lowest BCUT2D eigenvalue weighted by Gasteiger charge is -2.51. The molecule has 0 radical (unpaired) electrons. The first kappa shape index (κ1) is 21.5. The van der Waals surface area contributed by atoms with Crippen LogP contribution in [-0.2, 0) is 21.5 Å². The summed E-state index contributed by atoms with van der Waals surface area (Å²) in [6.45, 7) is 3.73. The van der Waals surface area contributed by atoms with Gasteiger partial charge in [-0.25, -0.2) is 0 Å². The summed E-state index contributed by atoms with van der Waals surface area (Å²) in [5.41, 5.74) is 1.58. The maximum absolute atomic E-state index is 13.7. The van der Waals surface area contributed by atoms with E-state index in [1.54, 1.807) is 0 Å². The van der Waals surface area contributed by atoms with Crippen LogP contribution in [0.4, 0.5) is 0 Å². The SMILES string of the molecule is O=C(OC1C[N+]2(Cc3noc(-c4ccccc4)n3)CCC1CC2)C1(c2ccccc2)CCCC1. The molecule has 7 rings (SSSR count). The Labute approximate surface area is 200 Å². The molecule has 4 fully saturated rings. The normalized spacial score (nSPS) is 27.5. The van der Waals surface area contributed by atoms with E-state index in [9.17, 15) is 4.79 Å². The van der Waals surface area contributed by atoms with E-state index in [1.165, 1.54) is 0 Å². The predicted octanol–water partition coefficient (Wildman–Crippen LogP) is 4.90. The third-order valence-electron chi connectivity index (χ3n) is 8.44. The molecule has 1 saturated carbocycles. The maximum atomic E-state index is 13.7. The number of carbonyl (C=O) groups excluding carboxylic acids is 1. The van der Waals surface area contributed by atoms with Crippen molar-refractivity contribution in [2.24, 2.45) is 5.92 Å². The standard InChI is InChI=1S/C28H32N3O3/c32-27(28(15-7-8-16-28)23-11-5-2-6-12-23)33-24-19-31(17-13-21(24)14-18-31)20-25-29-26(34-30-25)22-9-3-1-4-10-22/h1-6,9-12,21,24H,7-8,13-20H2/q+1. The number of hydrogen-bond acceptors (Lipinski definition) is 5. The Bertz CT molecular complexity index is 1130. The van der Waals surface area contributed by atoms with E-state index in [2.05, 4.69) is 22.3 Å². The van der Waals surface area contributed by atoms with Gasteiger partial charge in [-0.05, 0) is 30.5 Å². The van der Waals surface area contributed by atoms with Crippen molar-refractivity contribution in [3.05, 3.63) is 72.1 Å². The minimum absolute atomic E-state index is 0.0148. The minimum Gasteiger partial charge on any atom is -0.455 e. The van der Waals surface area contributed by atoms with Crippen LogP contribution < -0.4 is 0 Å². The molecule has 4 aliphatic rings. The fourth-order valence-electron chi connectivity index (χ4n) is 6.49. The minimum atomic E-state index is -0.476. The number of ether oxygens (including phenoxy) is 1. The van der Waals surface area contributed by atoms with E-state index in [0.717, 1.165) is 86.1 Å². The maximum Gasteiger partial charge on any atom is 0.317 e. The lowest BCUT2D eigenvalue weighted by Crippen LogP contribution is -2.64. The zero-order chi connectivity index (χ0) is 23.0. The molecule has 1 aromatic heterocycles. The van der Waals surface area contributed by atoms with Gasteiger partial charge in [-0.2, -0.15) is 4.98 Å². The second kappa shape index (κ2) is 8.66. The van der Waals surface area contributed by atoms with Crippen LogP contribution in [0.3, 0.4) is 0 Å². The van der Waals surface area contributed by atoms with Crippen molar-refractivity contribution in [3.63, 3.8) is 0 Å². The van der Waals surface area contributed by atoms with Crippen molar-refractivity contribution in [1.29, 1.82) is 0 Å². The number of quaternary nitrogens is 1. The molecule has 34 heavy (non-hydrogen) atoms. The van der Waals surface area contributed by atoms with E-state index in [1.807, 2.05) is 48.5 Å². The van der Waals surface area contributed by atoms with Crippen LogP contribution in [0.5, 0.6) is 0 Å². The summed E-state index contributed by atoms with van der Waals surface area (Å²) < 4.78 is 12.8. The summed E-state index contributed by atoms with van der Waals surface area (Å²) in [5.74, 6) is 1.75. The molecule has 3 saturated heterocycles. The fraction of sp³-hybridized carbons (Fsp3) is 0.464. The summed E-state index contributed by atoms with van der Waals surface area (Å²) in [6, 6.07) is 20.2. The summed E-state index contributed by atoms with van der Waals surface area (Å²) in [7, 11) is 0. The molecular weight excluding hydrogens is 426 g/mol. The van der Waals surface area contributed by atoms with Gasteiger partial charge in [0, 0.05) is 24.3 Å². The van der Waals surface area contributed by atoms with Gasteiger partial charge in [0.2, 0.25) is 5.82 Å². The van der Waals surface area contributed by atoms with E-state index in [0.29, 0.717) is 11.8 Å². The van der Waals surface area contributed by atoms with Crippen LogP contribution in [0.15, 0.2) is 65.2 Å². The molecule has 0 amide bonds. The number of hydrogen-bond donors (Lipinski definition) is 0.